The van der Waals surface area contributed by atoms with Crippen LogP contribution >= 0.6 is 0 Å². The Morgan fingerprint density at radius 2 is 1.56 bits per heavy atom. The first-order chi connectivity index (χ1) is 22.9. The molecule has 0 aliphatic carbocycles. The van der Waals surface area contributed by atoms with Gasteiger partial charge in [-0.25, -0.2) is 0 Å². The van der Waals surface area contributed by atoms with Crippen molar-refractivity contribution in [2.24, 2.45) is 5.41 Å². The van der Waals surface area contributed by atoms with Crippen LogP contribution in [-0.4, -0.2) is 60.9 Å². The number of nitrogens with one attached hydrogen (secondary N) is 3. The first kappa shape index (κ1) is 35.8. The Balaban J connectivity index is 1.32. The highest BCUT2D eigenvalue weighted by Crippen LogP contribution is 2.22. The number of rotatable bonds is 15. The van der Waals surface area contributed by atoms with E-state index in [4.69, 9.17) is 4.74 Å². The lowest BCUT2D eigenvalue weighted by Gasteiger charge is -2.26. The first-order valence-electron chi connectivity index (χ1n) is 16.3. The summed E-state index contributed by atoms with van der Waals surface area (Å²) in [5.74, 6) is -0.164. The summed E-state index contributed by atoms with van der Waals surface area (Å²) in [6, 6.07) is 27.0. The maximum atomic E-state index is 13.4. The molecule has 48 heavy (non-hydrogen) atoms. The Morgan fingerprint density at radius 3 is 2.23 bits per heavy atom. The minimum Gasteiger partial charge on any atom is -0.492 e. The van der Waals surface area contributed by atoms with Gasteiger partial charge in [-0.2, -0.15) is 0 Å². The quantitative estimate of drug-likeness (QED) is 0.148. The average molecular weight is 650 g/mol. The number of benzene rings is 3. The molecule has 9 heteroatoms. The minimum atomic E-state index is -0.750. The highest BCUT2D eigenvalue weighted by molar-refractivity contribution is 6.01. The van der Waals surface area contributed by atoms with E-state index in [2.05, 4.69) is 20.9 Å². The molecule has 0 fully saturated rings. The monoisotopic (exact) mass is 649 g/mol. The molecule has 0 unspecified atom stereocenters. The molecule has 0 spiro atoms. The molecule has 4 rings (SSSR count). The number of anilines is 1. The summed E-state index contributed by atoms with van der Waals surface area (Å²) < 4.78 is 5.70. The molecule has 9 nitrogen and oxygen atoms in total. The van der Waals surface area contributed by atoms with E-state index in [0.29, 0.717) is 35.6 Å². The van der Waals surface area contributed by atoms with Crippen LogP contribution < -0.4 is 20.7 Å². The highest BCUT2D eigenvalue weighted by atomic mass is 16.5. The van der Waals surface area contributed by atoms with Gasteiger partial charge in [-0.3, -0.25) is 19.4 Å². The van der Waals surface area contributed by atoms with E-state index < -0.39 is 6.04 Å². The standard InChI is InChI=1S/C39H47N5O4/c1-39(2,3)26-35(38(47)42-33-18-13-28(14-19-33)12-17-32-11-6-7-22-40-32)43-37(46)31-10-8-9-29(25-31)27-41-36(45)30-15-20-34(21-16-30)48-24-23-44(4)5/h6-11,13-16,18-22,25,35H,12,17,23-24,26-27H2,1-5H3,(H,41,45)(H,42,47)(H,43,46)/t35-/m0/s1. The molecule has 1 aromatic heterocycles. The first-order valence-corrected chi connectivity index (χ1v) is 16.3. The lowest BCUT2D eigenvalue weighted by molar-refractivity contribution is -0.118. The van der Waals surface area contributed by atoms with Crippen molar-refractivity contribution in [3.63, 3.8) is 0 Å². The van der Waals surface area contributed by atoms with Gasteiger partial charge < -0.3 is 25.6 Å². The zero-order chi connectivity index (χ0) is 34.5. The molecule has 1 atom stereocenters. The number of aryl methyl sites for hydroxylation is 2. The Kier molecular flexibility index (Phi) is 12.9. The third kappa shape index (κ3) is 12.0. The lowest BCUT2D eigenvalue weighted by Crippen LogP contribution is -2.45. The Morgan fingerprint density at radius 1 is 0.812 bits per heavy atom. The van der Waals surface area contributed by atoms with Gasteiger partial charge in [0, 0.05) is 41.8 Å². The van der Waals surface area contributed by atoms with Gasteiger partial charge in [0.15, 0.2) is 0 Å². The number of likely N-dealkylation sites (N-methyl/N-ethyl adjacent to an activating group) is 1. The fourth-order valence-corrected chi connectivity index (χ4v) is 5.02. The van der Waals surface area contributed by atoms with E-state index in [1.54, 1.807) is 48.7 Å². The summed E-state index contributed by atoms with van der Waals surface area (Å²) in [6.07, 6.45) is 3.92. The van der Waals surface area contributed by atoms with Crippen LogP contribution in [0, 0.1) is 5.41 Å². The molecule has 0 aliphatic heterocycles. The zero-order valence-electron chi connectivity index (χ0n) is 28.6. The molecule has 4 aromatic rings. The second-order valence-electron chi connectivity index (χ2n) is 13.4. The molecule has 0 aliphatic rings. The normalized spacial score (nSPS) is 11.9. The molecule has 0 saturated carbocycles. The van der Waals surface area contributed by atoms with Gasteiger partial charge in [0.1, 0.15) is 18.4 Å². The number of hydrogen-bond acceptors (Lipinski definition) is 6. The van der Waals surface area contributed by atoms with E-state index >= 15 is 0 Å². The number of aromatic nitrogens is 1. The number of nitrogens with zero attached hydrogens (tertiary/aromatic N) is 2. The smallest absolute Gasteiger partial charge is 0.251 e. The van der Waals surface area contributed by atoms with E-state index in [1.807, 2.05) is 88.3 Å². The molecule has 0 bridgehead atoms. The van der Waals surface area contributed by atoms with Gasteiger partial charge >= 0.3 is 0 Å². The van der Waals surface area contributed by atoms with Crippen molar-refractivity contribution < 1.29 is 19.1 Å². The molecule has 3 N–H and O–H groups in total. The van der Waals surface area contributed by atoms with E-state index in [9.17, 15) is 14.4 Å². The predicted molar refractivity (Wildman–Crippen MR) is 190 cm³/mol. The van der Waals surface area contributed by atoms with Crippen molar-refractivity contribution in [1.82, 2.24) is 20.5 Å². The lowest BCUT2D eigenvalue weighted by atomic mass is 9.87. The predicted octanol–water partition coefficient (Wildman–Crippen LogP) is 5.91. The van der Waals surface area contributed by atoms with Gasteiger partial charge in [-0.15, -0.1) is 0 Å². The number of carbonyl (C=O) groups excluding carboxylic acids is 3. The van der Waals surface area contributed by atoms with Crippen LogP contribution in [0.3, 0.4) is 0 Å². The van der Waals surface area contributed by atoms with Crippen LogP contribution in [0.2, 0.25) is 0 Å². The molecular weight excluding hydrogens is 602 g/mol. The Bertz CT molecular complexity index is 1630. The number of carbonyl (C=O) groups is 3. The van der Waals surface area contributed by atoms with Crippen molar-refractivity contribution in [1.29, 1.82) is 0 Å². The maximum absolute atomic E-state index is 13.4. The third-order valence-electron chi connectivity index (χ3n) is 7.62. The highest BCUT2D eigenvalue weighted by Gasteiger charge is 2.27. The van der Waals surface area contributed by atoms with Gasteiger partial charge in [0.25, 0.3) is 11.8 Å². The van der Waals surface area contributed by atoms with E-state index in [-0.39, 0.29) is 29.7 Å². The van der Waals surface area contributed by atoms with E-state index in [1.165, 1.54) is 0 Å². The molecule has 0 radical (unpaired) electrons. The number of ether oxygens (including phenoxy) is 1. The van der Waals surface area contributed by atoms with Crippen molar-refractivity contribution in [3.8, 4) is 5.75 Å². The molecular formula is C39H47N5O4. The SMILES string of the molecule is CN(C)CCOc1ccc(C(=O)NCc2cccc(C(=O)N[C@@H](CC(C)(C)C)C(=O)Nc3ccc(CCc4ccccn4)cc3)c2)cc1. The zero-order valence-corrected chi connectivity index (χ0v) is 28.6. The van der Waals surface area contributed by atoms with Crippen LogP contribution in [0.5, 0.6) is 5.75 Å². The summed E-state index contributed by atoms with van der Waals surface area (Å²) in [6.45, 7) is 7.70. The summed E-state index contributed by atoms with van der Waals surface area (Å²) in [5, 5.41) is 8.83. The van der Waals surface area contributed by atoms with E-state index in [0.717, 1.165) is 36.2 Å². The van der Waals surface area contributed by atoms with Crippen LogP contribution in [-0.2, 0) is 24.2 Å². The van der Waals surface area contributed by atoms with Gasteiger partial charge in [-0.05, 0) is 111 Å². The fraction of sp³-hybridized carbons (Fsp3) is 0.333. The second kappa shape index (κ2) is 17.2. The summed E-state index contributed by atoms with van der Waals surface area (Å²) in [7, 11) is 3.96. The van der Waals surface area contributed by atoms with Crippen LogP contribution in [0.15, 0.2) is 97.2 Å². The summed E-state index contributed by atoms with van der Waals surface area (Å²) in [5.41, 5.74) is 4.32. The third-order valence-corrected chi connectivity index (χ3v) is 7.62. The number of amides is 3. The van der Waals surface area contributed by atoms with Crippen LogP contribution in [0.1, 0.15) is 64.7 Å². The van der Waals surface area contributed by atoms with Crippen LogP contribution in [0.25, 0.3) is 0 Å². The van der Waals surface area contributed by atoms with Crippen molar-refractivity contribution in [3.05, 3.63) is 125 Å². The fourth-order valence-electron chi connectivity index (χ4n) is 5.02. The van der Waals surface area contributed by atoms with Crippen LogP contribution in [0.4, 0.5) is 5.69 Å². The Labute approximate surface area is 284 Å². The molecule has 1 heterocycles. The van der Waals surface area contributed by atoms with Gasteiger partial charge in [0.05, 0.1) is 0 Å². The summed E-state index contributed by atoms with van der Waals surface area (Å²) in [4.78, 5) is 46.0. The largest absolute Gasteiger partial charge is 0.492 e. The van der Waals surface area contributed by atoms with Crippen molar-refractivity contribution >= 4 is 23.4 Å². The van der Waals surface area contributed by atoms with Crippen molar-refractivity contribution in [2.45, 2.75) is 52.6 Å². The molecule has 0 saturated heterocycles. The topological polar surface area (TPSA) is 113 Å². The van der Waals surface area contributed by atoms with Gasteiger partial charge in [-0.1, -0.05) is 51.1 Å². The number of hydrogen-bond donors (Lipinski definition) is 3. The molecule has 3 aromatic carbocycles. The summed E-state index contributed by atoms with van der Waals surface area (Å²) >= 11 is 0. The average Bonchev–Trinajstić information content (AvgIpc) is 3.06. The number of pyridine rings is 1. The van der Waals surface area contributed by atoms with Gasteiger partial charge in [0.2, 0.25) is 5.91 Å². The molecule has 3 amide bonds. The second-order valence-corrected chi connectivity index (χ2v) is 13.4. The maximum Gasteiger partial charge on any atom is 0.251 e. The van der Waals surface area contributed by atoms with Crippen molar-refractivity contribution in [2.75, 3.05) is 32.6 Å². The Hall–Kier alpha value is -5.02. The molecule has 252 valence electrons. The minimum absolute atomic E-state index is 0.215.